The van der Waals surface area contributed by atoms with Gasteiger partial charge in [0.1, 0.15) is 6.10 Å². The molecule has 4 nitrogen and oxygen atoms in total. The molecule has 0 unspecified atom stereocenters. The van der Waals surface area contributed by atoms with Crippen molar-refractivity contribution in [1.29, 1.82) is 0 Å². The van der Waals surface area contributed by atoms with Crippen molar-refractivity contribution in [3.05, 3.63) is 23.3 Å². The Morgan fingerprint density at radius 3 is 2.89 bits per heavy atom. The van der Waals surface area contributed by atoms with E-state index in [1.54, 1.807) is 0 Å². The van der Waals surface area contributed by atoms with Gasteiger partial charge in [0.05, 0.1) is 12.5 Å². The number of carbonyl (C=O) groups excluding carboxylic acids is 2. The Morgan fingerprint density at radius 2 is 2.21 bits per heavy atom. The SMILES string of the molecule is C[C@@H]1C(=O)O[C@@H]2C3=C(CO)C(=O)C=C[C@]3(C)CC[C@@H]12. The molecule has 102 valence electrons. The van der Waals surface area contributed by atoms with E-state index in [1.165, 1.54) is 6.08 Å². The number of allylic oxidation sites excluding steroid dienone is 2. The van der Waals surface area contributed by atoms with Gasteiger partial charge in [-0.25, -0.2) is 0 Å². The van der Waals surface area contributed by atoms with Crippen molar-refractivity contribution in [1.82, 2.24) is 0 Å². The quantitative estimate of drug-likeness (QED) is 0.725. The summed E-state index contributed by atoms with van der Waals surface area (Å²) in [5.41, 5.74) is 0.982. The largest absolute Gasteiger partial charge is 0.457 e. The second kappa shape index (κ2) is 4.04. The minimum absolute atomic E-state index is 0.122. The molecule has 3 aliphatic rings. The normalized spacial score (nSPS) is 41.1. The summed E-state index contributed by atoms with van der Waals surface area (Å²) in [6.07, 6.45) is 4.90. The number of ketones is 1. The number of ether oxygens (including phenoxy) is 1. The molecule has 0 aromatic rings. The molecule has 1 saturated heterocycles. The van der Waals surface area contributed by atoms with Crippen LogP contribution in [0.25, 0.3) is 0 Å². The number of esters is 1. The second-order valence-corrected chi connectivity index (χ2v) is 6.01. The van der Waals surface area contributed by atoms with E-state index in [-0.39, 0.29) is 41.7 Å². The number of aliphatic hydroxyl groups excluding tert-OH is 1. The molecule has 2 fully saturated rings. The summed E-state index contributed by atoms with van der Waals surface area (Å²) in [6, 6.07) is 0. The van der Waals surface area contributed by atoms with Crippen LogP contribution < -0.4 is 0 Å². The molecule has 1 N–H and O–H groups in total. The Bertz CT molecular complexity index is 516. The maximum absolute atomic E-state index is 11.9. The molecule has 4 atom stereocenters. The summed E-state index contributed by atoms with van der Waals surface area (Å²) in [6.45, 7) is 3.65. The Balaban J connectivity index is 2.12. The topological polar surface area (TPSA) is 63.6 Å². The highest BCUT2D eigenvalue weighted by Gasteiger charge is 2.53. The molecular weight excluding hydrogens is 244 g/mol. The first kappa shape index (κ1) is 12.6. The van der Waals surface area contributed by atoms with Gasteiger partial charge in [-0.2, -0.15) is 0 Å². The highest BCUT2D eigenvalue weighted by atomic mass is 16.6. The van der Waals surface area contributed by atoms with Crippen molar-refractivity contribution in [2.45, 2.75) is 32.8 Å². The van der Waals surface area contributed by atoms with Crippen LogP contribution in [0.15, 0.2) is 23.3 Å². The summed E-state index contributed by atoms with van der Waals surface area (Å²) in [7, 11) is 0. The standard InChI is InChI=1S/C15H18O4/c1-8-9-3-5-15(2)6-4-11(17)10(7-16)12(15)13(9)19-14(8)18/h4,6,8-9,13,16H,3,5,7H2,1-2H3/t8-,9-,13-,15-/m0/s1. The number of hydrogen-bond donors (Lipinski definition) is 1. The fourth-order valence-electron chi connectivity index (χ4n) is 3.70. The Kier molecular flexibility index (Phi) is 2.68. The average molecular weight is 262 g/mol. The molecular formula is C15H18O4. The molecule has 19 heavy (non-hydrogen) atoms. The number of fused-ring (bicyclic) bond motifs is 3. The molecule has 4 heteroatoms. The third-order valence-electron chi connectivity index (χ3n) is 4.93. The molecule has 0 radical (unpaired) electrons. The van der Waals surface area contributed by atoms with Gasteiger partial charge >= 0.3 is 5.97 Å². The predicted molar refractivity (Wildman–Crippen MR) is 68.1 cm³/mol. The van der Waals surface area contributed by atoms with Crippen LogP contribution in [0, 0.1) is 17.3 Å². The first-order chi connectivity index (χ1) is 8.98. The molecule has 0 aromatic carbocycles. The van der Waals surface area contributed by atoms with E-state index in [9.17, 15) is 14.7 Å². The van der Waals surface area contributed by atoms with Crippen LogP contribution in [0.5, 0.6) is 0 Å². The van der Waals surface area contributed by atoms with Gasteiger partial charge in [0, 0.05) is 16.9 Å². The molecule has 0 aromatic heterocycles. The Hall–Kier alpha value is -1.42. The molecule has 0 amide bonds. The van der Waals surface area contributed by atoms with Crippen molar-refractivity contribution >= 4 is 11.8 Å². The van der Waals surface area contributed by atoms with Crippen LogP contribution in [0.2, 0.25) is 0 Å². The lowest BCUT2D eigenvalue weighted by Gasteiger charge is -2.43. The lowest BCUT2D eigenvalue weighted by Crippen LogP contribution is -2.40. The number of hydrogen-bond acceptors (Lipinski definition) is 4. The zero-order valence-electron chi connectivity index (χ0n) is 11.2. The van der Waals surface area contributed by atoms with Crippen molar-refractivity contribution < 1.29 is 19.4 Å². The second-order valence-electron chi connectivity index (χ2n) is 6.01. The lowest BCUT2D eigenvalue weighted by atomic mass is 9.61. The van der Waals surface area contributed by atoms with Gasteiger partial charge in [-0.05, 0) is 24.5 Å². The zero-order valence-corrected chi connectivity index (χ0v) is 11.2. The highest BCUT2D eigenvalue weighted by molar-refractivity contribution is 6.06. The van der Waals surface area contributed by atoms with Crippen LogP contribution in [0.4, 0.5) is 0 Å². The molecule has 1 aliphatic heterocycles. The molecule has 1 heterocycles. The van der Waals surface area contributed by atoms with E-state index in [1.807, 2.05) is 19.9 Å². The number of aliphatic hydroxyl groups is 1. The van der Waals surface area contributed by atoms with Gasteiger partial charge in [-0.15, -0.1) is 0 Å². The van der Waals surface area contributed by atoms with E-state index < -0.39 is 0 Å². The molecule has 3 rings (SSSR count). The van der Waals surface area contributed by atoms with Gasteiger partial charge < -0.3 is 9.84 Å². The minimum Gasteiger partial charge on any atom is -0.457 e. The highest BCUT2D eigenvalue weighted by Crippen LogP contribution is 2.52. The van der Waals surface area contributed by atoms with Crippen molar-refractivity contribution in [3.8, 4) is 0 Å². The molecule has 1 saturated carbocycles. The monoisotopic (exact) mass is 262 g/mol. The van der Waals surface area contributed by atoms with Gasteiger partial charge in [-0.1, -0.05) is 19.9 Å². The van der Waals surface area contributed by atoms with Gasteiger partial charge in [0.2, 0.25) is 0 Å². The van der Waals surface area contributed by atoms with E-state index in [0.717, 1.165) is 18.4 Å². The molecule has 2 aliphatic carbocycles. The van der Waals surface area contributed by atoms with Crippen molar-refractivity contribution in [2.24, 2.45) is 17.3 Å². The van der Waals surface area contributed by atoms with Crippen LogP contribution in [-0.4, -0.2) is 29.6 Å². The van der Waals surface area contributed by atoms with Crippen LogP contribution in [0.1, 0.15) is 26.7 Å². The summed E-state index contributed by atoms with van der Waals surface area (Å²) in [5, 5.41) is 9.51. The van der Waals surface area contributed by atoms with E-state index in [4.69, 9.17) is 4.74 Å². The van der Waals surface area contributed by atoms with Crippen molar-refractivity contribution in [3.63, 3.8) is 0 Å². The van der Waals surface area contributed by atoms with Crippen LogP contribution in [-0.2, 0) is 14.3 Å². The summed E-state index contributed by atoms with van der Waals surface area (Å²) < 4.78 is 5.50. The maximum atomic E-state index is 11.9. The number of rotatable bonds is 1. The first-order valence-corrected chi connectivity index (χ1v) is 6.76. The summed E-state index contributed by atoms with van der Waals surface area (Å²) in [5.74, 6) is -0.336. The first-order valence-electron chi connectivity index (χ1n) is 6.76. The Morgan fingerprint density at radius 1 is 1.47 bits per heavy atom. The van der Waals surface area contributed by atoms with Crippen LogP contribution in [0.3, 0.4) is 0 Å². The average Bonchev–Trinajstić information content (AvgIpc) is 2.66. The lowest BCUT2D eigenvalue weighted by molar-refractivity contribution is -0.143. The summed E-state index contributed by atoms with van der Waals surface area (Å²) >= 11 is 0. The van der Waals surface area contributed by atoms with E-state index >= 15 is 0 Å². The van der Waals surface area contributed by atoms with Crippen molar-refractivity contribution in [2.75, 3.05) is 6.61 Å². The Labute approximate surface area is 112 Å². The van der Waals surface area contributed by atoms with Gasteiger partial charge in [0.25, 0.3) is 0 Å². The molecule has 0 spiro atoms. The van der Waals surface area contributed by atoms with E-state index in [0.29, 0.717) is 5.57 Å². The fourth-order valence-corrected chi connectivity index (χ4v) is 3.70. The maximum Gasteiger partial charge on any atom is 0.309 e. The van der Waals surface area contributed by atoms with Gasteiger partial charge in [-0.3, -0.25) is 9.59 Å². The van der Waals surface area contributed by atoms with Gasteiger partial charge in [0.15, 0.2) is 5.78 Å². The predicted octanol–water partition coefficient (Wildman–Crippen LogP) is 1.39. The molecule has 0 bridgehead atoms. The van der Waals surface area contributed by atoms with Crippen LogP contribution >= 0.6 is 0 Å². The third kappa shape index (κ3) is 1.62. The fraction of sp³-hybridized carbons (Fsp3) is 0.600. The minimum atomic E-state index is -0.336. The zero-order chi connectivity index (χ0) is 13.8. The number of carbonyl (C=O) groups is 2. The summed E-state index contributed by atoms with van der Waals surface area (Å²) in [4.78, 5) is 23.7. The third-order valence-corrected chi connectivity index (χ3v) is 4.93. The smallest absolute Gasteiger partial charge is 0.309 e. The van der Waals surface area contributed by atoms with E-state index in [2.05, 4.69) is 0 Å².